The third-order valence-electron chi connectivity index (χ3n) is 5.27. The van der Waals surface area contributed by atoms with Crippen molar-refractivity contribution in [1.82, 2.24) is 18.5 Å². The minimum Gasteiger partial charge on any atom is -0.324 e. The molecule has 0 spiro atoms. The van der Waals surface area contributed by atoms with Crippen molar-refractivity contribution in [2.24, 2.45) is 0 Å². The topological polar surface area (TPSA) is 90.5 Å². The van der Waals surface area contributed by atoms with E-state index in [-0.39, 0.29) is 24.7 Å². The molecule has 0 aliphatic carbocycles. The van der Waals surface area contributed by atoms with Gasteiger partial charge in [0.05, 0.1) is 41.8 Å². The zero-order chi connectivity index (χ0) is 23.4. The van der Waals surface area contributed by atoms with Crippen molar-refractivity contribution < 1.29 is 22.8 Å². The van der Waals surface area contributed by atoms with Crippen LogP contribution >= 0.6 is 11.7 Å². The van der Waals surface area contributed by atoms with Gasteiger partial charge in [0.15, 0.2) is 0 Å². The molecule has 2 heterocycles. The smallest absolute Gasteiger partial charge is 0.324 e. The van der Waals surface area contributed by atoms with E-state index in [4.69, 9.17) is 0 Å². The summed E-state index contributed by atoms with van der Waals surface area (Å²) in [5.74, 6) is -0.687. The molecule has 2 N–H and O–H groups in total. The molecule has 2 aromatic carbocycles. The Labute approximate surface area is 191 Å². The second-order valence-electron chi connectivity index (χ2n) is 7.63. The molecular weight excluding hydrogens is 457 g/mol. The fourth-order valence-electron chi connectivity index (χ4n) is 3.64. The van der Waals surface area contributed by atoms with Crippen LogP contribution in [0.1, 0.15) is 5.56 Å². The first kappa shape index (κ1) is 23.1. The van der Waals surface area contributed by atoms with Crippen LogP contribution < -0.4 is 10.6 Å². The molecule has 3 aromatic rings. The Hall–Kier alpha value is -3.09. The number of fused-ring (bicyclic) bond motifs is 1. The van der Waals surface area contributed by atoms with Gasteiger partial charge in [0.1, 0.15) is 11.0 Å². The fraction of sp³-hybridized carbons (Fsp3) is 0.333. The van der Waals surface area contributed by atoms with E-state index in [1.165, 1.54) is 18.2 Å². The van der Waals surface area contributed by atoms with Crippen molar-refractivity contribution >= 4 is 46.0 Å². The number of halogens is 3. The largest absolute Gasteiger partial charge is 0.418 e. The predicted molar refractivity (Wildman–Crippen MR) is 119 cm³/mol. The highest BCUT2D eigenvalue weighted by atomic mass is 32.1. The van der Waals surface area contributed by atoms with E-state index in [9.17, 15) is 22.8 Å². The molecule has 4 rings (SSSR count). The molecule has 1 saturated heterocycles. The van der Waals surface area contributed by atoms with E-state index in [1.807, 2.05) is 15.9 Å². The monoisotopic (exact) mass is 478 g/mol. The number of carbonyl (C=O) groups excluding carboxylic acids is 2. The van der Waals surface area contributed by atoms with Crippen LogP contribution in [0.25, 0.3) is 11.0 Å². The molecule has 0 bridgehead atoms. The number of piperazine rings is 1. The Morgan fingerprint density at radius 1 is 0.848 bits per heavy atom. The van der Waals surface area contributed by atoms with Gasteiger partial charge in [-0.3, -0.25) is 19.4 Å². The number of amides is 2. The van der Waals surface area contributed by atoms with E-state index < -0.39 is 17.6 Å². The van der Waals surface area contributed by atoms with Crippen molar-refractivity contribution in [2.45, 2.75) is 6.18 Å². The zero-order valence-electron chi connectivity index (χ0n) is 17.4. The maximum atomic E-state index is 13.1. The number of hydrogen-bond donors (Lipinski definition) is 2. The van der Waals surface area contributed by atoms with Crippen LogP contribution in [0.15, 0.2) is 42.5 Å². The van der Waals surface area contributed by atoms with E-state index >= 15 is 0 Å². The molecule has 1 aliphatic rings. The number of para-hydroxylation sites is 1. The summed E-state index contributed by atoms with van der Waals surface area (Å²) in [6.45, 7) is 2.32. The van der Waals surface area contributed by atoms with E-state index in [0.29, 0.717) is 37.4 Å². The van der Waals surface area contributed by atoms with Crippen molar-refractivity contribution in [3.8, 4) is 0 Å². The number of carbonyl (C=O) groups is 2. The Morgan fingerprint density at radius 3 is 2.06 bits per heavy atom. The van der Waals surface area contributed by atoms with E-state index in [2.05, 4.69) is 19.4 Å². The van der Waals surface area contributed by atoms with Gasteiger partial charge < -0.3 is 10.6 Å². The highest BCUT2D eigenvalue weighted by Crippen LogP contribution is 2.34. The number of aromatic nitrogens is 2. The average molecular weight is 479 g/mol. The molecule has 0 radical (unpaired) electrons. The number of anilines is 2. The normalized spacial score (nSPS) is 15.5. The molecule has 0 saturated carbocycles. The number of alkyl halides is 3. The summed E-state index contributed by atoms with van der Waals surface area (Å²) in [6.07, 6.45) is -4.54. The number of nitrogens with one attached hydrogen (secondary N) is 2. The maximum Gasteiger partial charge on any atom is 0.418 e. The second kappa shape index (κ2) is 9.81. The van der Waals surface area contributed by atoms with Gasteiger partial charge in [-0.25, -0.2) is 0 Å². The number of hydrogen-bond acceptors (Lipinski definition) is 7. The van der Waals surface area contributed by atoms with Crippen LogP contribution in [-0.2, 0) is 15.8 Å². The molecule has 0 unspecified atom stereocenters. The van der Waals surface area contributed by atoms with E-state index in [1.54, 1.807) is 12.1 Å². The number of nitrogens with zero attached hydrogens (tertiary/aromatic N) is 4. The van der Waals surface area contributed by atoms with Crippen molar-refractivity contribution in [3.05, 3.63) is 48.0 Å². The maximum absolute atomic E-state index is 13.1. The Kier molecular flexibility index (Phi) is 6.86. The lowest BCUT2D eigenvalue weighted by molar-refractivity contribution is -0.137. The highest BCUT2D eigenvalue weighted by molar-refractivity contribution is 7.00. The Morgan fingerprint density at radius 2 is 1.42 bits per heavy atom. The lowest BCUT2D eigenvalue weighted by atomic mass is 10.1. The fourth-order valence-corrected chi connectivity index (χ4v) is 4.19. The molecular formula is C21H21F3N6O2S. The highest BCUT2D eigenvalue weighted by Gasteiger charge is 2.33. The summed E-state index contributed by atoms with van der Waals surface area (Å²) < 4.78 is 47.6. The molecule has 12 heteroatoms. The Balaban J connectivity index is 1.24. The molecule has 174 valence electrons. The van der Waals surface area contributed by atoms with Crippen LogP contribution in [0.3, 0.4) is 0 Å². The first-order valence-corrected chi connectivity index (χ1v) is 10.9. The summed E-state index contributed by atoms with van der Waals surface area (Å²) in [5, 5.41) is 5.22. The van der Waals surface area contributed by atoms with Crippen molar-refractivity contribution in [3.63, 3.8) is 0 Å². The summed E-state index contributed by atoms with van der Waals surface area (Å²) in [6, 6.07) is 10.3. The minimum atomic E-state index is -4.54. The third-order valence-corrected chi connectivity index (χ3v) is 5.81. The van der Waals surface area contributed by atoms with Gasteiger partial charge in [0.2, 0.25) is 11.8 Å². The average Bonchev–Trinajstić information content (AvgIpc) is 3.25. The van der Waals surface area contributed by atoms with Gasteiger partial charge >= 0.3 is 6.18 Å². The van der Waals surface area contributed by atoms with E-state index in [0.717, 1.165) is 23.3 Å². The molecule has 1 fully saturated rings. The van der Waals surface area contributed by atoms with Crippen LogP contribution in [0, 0.1) is 0 Å². The van der Waals surface area contributed by atoms with Crippen LogP contribution in [0.4, 0.5) is 24.5 Å². The molecule has 33 heavy (non-hydrogen) atoms. The predicted octanol–water partition coefficient (Wildman–Crippen LogP) is 2.90. The zero-order valence-corrected chi connectivity index (χ0v) is 18.2. The number of benzene rings is 2. The summed E-state index contributed by atoms with van der Waals surface area (Å²) in [4.78, 5) is 28.6. The minimum absolute atomic E-state index is 0.0228. The molecule has 8 nitrogen and oxygen atoms in total. The molecule has 2 amide bonds. The quantitative estimate of drug-likeness (QED) is 0.566. The van der Waals surface area contributed by atoms with Gasteiger partial charge in [-0.05, 0) is 24.3 Å². The van der Waals surface area contributed by atoms with Gasteiger partial charge in [0.25, 0.3) is 0 Å². The molecule has 0 atom stereocenters. The Bertz CT molecular complexity index is 1140. The van der Waals surface area contributed by atoms with Crippen LogP contribution in [-0.4, -0.2) is 69.6 Å². The standard InChI is InChI=1S/C21H21F3N6O2S/c22-21(23,24)14-4-1-2-5-15(14)25-18(31)12-29-8-10-30(11-9-29)13-19(32)26-16-6-3-7-17-20(16)28-33-27-17/h1-7H,8-13H2,(H,25,31)(H,26,32). The lowest BCUT2D eigenvalue weighted by Crippen LogP contribution is -2.50. The summed E-state index contributed by atoms with van der Waals surface area (Å²) in [7, 11) is 0. The second-order valence-corrected chi connectivity index (χ2v) is 8.16. The number of rotatable bonds is 6. The van der Waals surface area contributed by atoms with Crippen LogP contribution in [0.2, 0.25) is 0 Å². The van der Waals surface area contributed by atoms with Crippen LogP contribution in [0.5, 0.6) is 0 Å². The van der Waals surface area contributed by atoms with Gasteiger partial charge in [-0.15, -0.1) is 0 Å². The SMILES string of the molecule is O=C(CN1CCN(CC(=O)Nc2cccc3nsnc23)CC1)Nc1ccccc1C(F)(F)F. The van der Waals surface area contributed by atoms with Crippen molar-refractivity contribution in [1.29, 1.82) is 0 Å². The lowest BCUT2D eigenvalue weighted by Gasteiger charge is -2.33. The third kappa shape index (κ3) is 5.83. The molecule has 1 aliphatic heterocycles. The summed E-state index contributed by atoms with van der Waals surface area (Å²) >= 11 is 1.08. The van der Waals surface area contributed by atoms with Crippen molar-refractivity contribution in [2.75, 3.05) is 49.9 Å². The van der Waals surface area contributed by atoms with Gasteiger partial charge in [0, 0.05) is 26.2 Å². The first-order valence-electron chi connectivity index (χ1n) is 10.2. The molecule has 1 aromatic heterocycles. The van der Waals surface area contributed by atoms with Gasteiger partial charge in [-0.1, -0.05) is 18.2 Å². The first-order chi connectivity index (χ1) is 15.8. The van der Waals surface area contributed by atoms with Gasteiger partial charge in [-0.2, -0.15) is 21.9 Å². The summed E-state index contributed by atoms with van der Waals surface area (Å²) in [5.41, 5.74) is 0.857.